The van der Waals surface area contributed by atoms with Crippen molar-refractivity contribution in [1.82, 2.24) is 4.90 Å². The summed E-state index contributed by atoms with van der Waals surface area (Å²) in [5, 5.41) is 0. The highest BCUT2D eigenvalue weighted by molar-refractivity contribution is 6.07. The highest BCUT2D eigenvalue weighted by Crippen LogP contribution is 2.32. The predicted molar refractivity (Wildman–Crippen MR) is 99.3 cm³/mol. The summed E-state index contributed by atoms with van der Waals surface area (Å²) < 4.78 is 5.29. The molecule has 0 bridgehead atoms. The van der Waals surface area contributed by atoms with Gasteiger partial charge in [0.25, 0.3) is 5.91 Å². The van der Waals surface area contributed by atoms with Crippen LogP contribution in [0.1, 0.15) is 34.3 Å². The molecule has 0 N–H and O–H groups in total. The van der Waals surface area contributed by atoms with E-state index in [-0.39, 0.29) is 5.91 Å². The van der Waals surface area contributed by atoms with E-state index < -0.39 is 0 Å². The molecule has 4 rings (SSSR count). The average Bonchev–Trinajstić information content (AvgIpc) is 3.30. The van der Waals surface area contributed by atoms with Crippen LogP contribution in [0.25, 0.3) is 0 Å². The Balaban J connectivity index is 1.54. The lowest BCUT2D eigenvalue weighted by molar-refractivity contribution is 0.0989. The minimum absolute atomic E-state index is 0.0900. The van der Waals surface area contributed by atoms with Gasteiger partial charge >= 0.3 is 0 Å². The number of carbonyl (C=O) groups excluding carboxylic acids is 1. The third kappa shape index (κ3) is 3.27. The molecule has 1 fully saturated rings. The van der Waals surface area contributed by atoms with Crippen LogP contribution < -0.4 is 9.64 Å². The molecular weight excluding hydrogens is 312 g/mol. The van der Waals surface area contributed by atoms with Gasteiger partial charge in [-0.25, -0.2) is 0 Å². The molecule has 0 radical (unpaired) electrons. The van der Waals surface area contributed by atoms with Crippen molar-refractivity contribution in [2.24, 2.45) is 0 Å². The van der Waals surface area contributed by atoms with Crippen LogP contribution in [0.4, 0.5) is 5.69 Å². The van der Waals surface area contributed by atoms with Gasteiger partial charge in [-0.15, -0.1) is 0 Å². The molecule has 2 aromatic rings. The lowest BCUT2D eigenvalue weighted by Crippen LogP contribution is -2.29. The number of rotatable bonds is 4. The molecule has 0 atom stereocenters. The molecule has 4 heteroatoms. The van der Waals surface area contributed by atoms with Crippen molar-refractivity contribution in [1.29, 1.82) is 0 Å². The Hall–Kier alpha value is -2.33. The Bertz CT molecular complexity index is 781. The Morgan fingerprint density at radius 3 is 2.72 bits per heavy atom. The van der Waals surface area contributed by atoms with Crippen LogP contribution in [-0.2, 0) is 13.0 Å². The molecule has 0 aromatic heterocycles. The van der Waals surface area contributed by atoms with Gasteiger partial charge in [-0.1, -0.05) is 12.1 Å². The van der Waals surface area contributed by atoms with E-state index in [1.165, 1.54) is 37.1 Å². The molecule has 130 valence electrons. The average molecular weight is 336 g/mol. The van der Waals surface area contributed by atoms with Gasteiger partial charge in [0.2, 0.25) is 0 Å². The van der Waals surface area contributed by atoms with Crippen LogP contribution in [-0.4, -0.2) is 37.6 Å². The van der Waals surface area contributed by atoms with Gasteiger partial charge < -0.3 is 9.64 Å². The number of fused-ring (bicyclic) bond motifs is 1. The summed E-state index contributed by atoms with van der Waals surface area (Å²) in [7, 11) is 1.67. The maximum atomic E-state index is 13.0. The van der Waals surface area contributed by atoms with E-state index in [4.69, 9.17) is 4.74 Å². The number of nitrogens with zero attached hydrogens (tertiary/aromatic N) is 2. The molecule has 1 amide bonds. The van der Waals surface area contributed by atoms with Gasteiger partial charge in [0.1, 0.15) is 5.75 Å². The van der Waals surface area contributed by atoms with E-state index in [0.717, 1.165) is 36.5 Å². The molecule has 2 heterocycles. The molecule has 0 saturated carbocycles. The van der Waals surface area contributed by atoms with Crippen LogP contribution in [0.5, 0.6) is 5.75 Å². The third-order valence-electron chi connectivity index (χ3n) is 5.21. The number of amides is 1. The molecule has 4 nitrogen and oxygen atoms in total. The van der Waals surface area contributed by atoms with Crippen molar-refractivity contribution < 1.29 is 9.53 Å². The first-order valence-electron chi connectivity index (χ1n) is 9.05. The molecular formula is C21H24N2O2. The van der Waals surface area contributed by atoms with Crippen molar-refractivity contribution in [2.75, 3.05) is 31.6 Å². The van der Waals surface area contributed by atoms with Gasteiger partial charge in [0.05, 0.1) is 7.11 Å². The number of likely N-dealkylation sites (tertiary alicyclic amines) is 1. The minimum Gasteiger partial charge on any atom is -0.497 e. The second-order valence-electron chi connectivity index (χ2n) is 6.89. The van der Waals surface area contributed by atoms with Crippen molar-refractivity contribution in [3.8, 4) is 5.75 Å². The zero-order valence-electron chi connectivity index (χ0n) is 14.7. The first kappa shape index (κ1) is 16.2. The van der Waals surface area contributed by atoms with Gasteiger partial charge in [-0.3, -0.25) is 9.69 Å². The van der Waals surface area contributed by atoms with E-state index in [0.29, 0.717) is 0 Å². The van der Waals surface area contributed by atoms with Crippen molar-refractivity contribution in [3.63, 3.8) is 0 Å². The first-order valence-corrected chi connectivity index (χ1v) is 9.05. The van der Waals surface area contributed by atoms with Crippen molar-refractivity contribution in [2.45, 2.75) is 25.8 Å². The maximum absolute atomic E-state index is 13.0. The summed E-state index contributed by atoms with van der Waals surface area (Å²) in [6.07, 6.45) is 3.45. The monoisotopic (exact) mass is 336 g/mol. The fourth-order valence-electron chi connectivity index (χ4n) is 3.87. The second kappa shape index (κ2) is 6.89. The first-order chi connectivity index (χ1) is 12.2. The highest BCUT2D eigenvalue weighted by Gasteiger charge is 2.26. The lowest BCUT2D eigenvalue weighted by Gasteiger charge is -2.19. The van der Waals surface area contributed by atoms with E-state index in [1.807, 2.05) is 35.2 Å². The molecule has 0 aliphatic carbocycles. The molecule has 2 aliphatic rings. The predicted octanol–water partition coefficient (Wildman–Crippen LogP) is 3.49. The highest BCUT2D eigenvalue weighted by atomic mass is 16.5. The van der Waals surface area contributed by atoms with Crippen LogP contribution in [0, 0.1) is 0 Å². The maximum Gasteiger partial charge on any atom is 0.258 e. The van der Waals surface area contributed by atoms with Gasteiger partial charge in [-0.2, -0.15) is 0 Å². The summed E-state index contributed by atoms with van der Waals surface area (Å²) in [6, 6.07) is 14.1. The Morgan fingerprint density at radius 2 is 1.92 bits per heavy atom. The number of methoxy groups -OCH3 is 1. The molecule has 2 aromatic carbocycles. The number of ether oxygens (including phenoxy) is 1. The summed E-state index contributed by atoms with van der Waals surface area (Å²) in [6.45, 7) is 4.01. The van der Waals surface area contributed by atoms with Gasteiger partial charge in [0.15, 0.2) is 0 Å². The van der Waals surface area contributed by atoms with E-state index >= 15 is 0 Å². The molecule has 0 unspecified atom stereocenters. The fourth-order valence-corrected chi connectivity index (χ4v) is 3.87. The quantitative estimate of drug-likeness (QED) is 0.857. The number of benzene rings is 2. The Morgan fingerprint density at radius 1 is 1.08 bits per heavy atom. The fraction of sp³-hybridized carbons (Fsp3) is 0.381. The number of anilines is 1. The SMILES string of the molecule is COc1ccc2c(c1)CCN2C(=O)c1cccc(CN2CCCC2)c1. The zero-order valence-corrected chi connectivity index (χ0v) is 14.7. The summed E-state index contributed by atoms with van der Waals surface area (Å²) in [5.74, 6) is 0.938. The van der Waals surface area contributed by atoms with E-state index in [2.05, 4.69) is 17.0 Å². The molecule has 0 spiro atoms. The third-order valence-corrected chi connectivity index (χ3v) is 5.21. The number of carbonyl (C=O) groups is 1. The summed E-state index contributed by atoms with van der Waals surface area (Å²) in [5.41, 5.74) is 4.19. The van der Waals surface area contributed by atoms with Crippen molar-refractivity contribution >= 4 is 11.6 Å². The zero-order chi connectivity index (χ0) is 17.2. The normalized spacial score (nSPS) is 16.9. The Kier molecular flexibility index (Phi) is 4.45. The minimum atomic E-state index is 0.0900. The standard InChI is InChI=1S/C21H24N2O2/c1-25-19-7-8-20-17(14-19)9-12-23(20)21(24)18-6-4-5-16(13-18)15-22-10-2-3-11-22/h4-8,13-14H,2-3,9-12,15H2,1H3. The Labute approximate surface area is 149 Å². The van der Waals surface area contributed by atoms with Gasteiger partial charge in [-0.05, 0) is 73.8 Å². The van der Waals surface area contributed by atoms with E-state index in [9.17, 15) is 4.79 Å². The second-order valence-corrected chi connectivity index (χ2v) is 6.89. The number of hydrogen-bond donors (Lipinski definition) is 0. The number of hydrogen-bond acceptors (Lipinski definition) is 3. The molecule has 1 saturated heterocycles. The summed E-state index contributed by atoms with van der Waals surface area (Å²) >= 11 is 0. The van der Waals surface area contributed by atoms with Crippen LogP contribution in [0.3, 0.4) is 0 Å². The van der Waals surface area contributed by atoms with Crippen LogP contribution in [0.2, 0.25) is 0 Å². The molecule has 25 heavy (non-hydrogen) atoms. The lowest BCUT2D eigenvalue weighted by atomic mass is 10.1. The topological polar surface area (TPSA) is 32.8 Å². The molecule has 2 aliphatic heterocycles. The van der Waals surface area contributed by atoms with Gasteiger partial charge in [0, 0.05) is 24.3 Å². The van der Waals surface area contributed by atoms with Crippen LogP contribution in [0.15, 0.2) is 42.5 Å². The van der Waals surface area contributed by atoms with Crippen LogP contribution >= 0.6 is 0 Å². The summed E-state index contributed by atoms with van der Waals surface area (Å²) in [4.78, 5) is 17.4. The van der Waals surface area contributed by atoms with E-state index in [1.54, 1.807) is 7.11 Å². The largest absolute Gasteiger partial charge is 0.497 e. The smallest absolute Gasteiger partial charge is 0.258 e. The van der Waals surface area contributed by atoms with Crippen molar-refractivity contribution in [3.05, 3.63) is 59.2 Å².